The lowest BCUT2D eigenvalue weighted by Gasteiger charge is -2.36. The molecule has 8 nitrogen and oxygen atoms in total. The average molecular weight is 545 g/mol. The number of nitrogens with one attached hydrogen (secondary N) is 2. The average Bonchev–Trinajstić information content (AvgIpc) is 2.79. The fourth-order valence-electron chi connectivity index (χ4n) is 2.93. The van der Waals surface area contributed by atoms with E-state index in [2.05, 4.69) is 36.4 Å². The summed E-state index contributed by atoms with van der Waals surface area (Å²) in [4.78, 5) is 15.3. The number of alkyl halides is 6. The number of ether oxygens (including phenoxy) is 1. The van der Waals surface area contributed by atoms with Crippen LogP contribution in [-0.2, 0) is 17.1 Å². The maximum atomic E-state index is 13.0. The van der Waals surface area contributed by atoms with E-state index in [0.717, 1.165) is 0 Å². The van der Waals surface area contributed by atoms with Crippen molar-refractivity contribution < 1.29 is 35.9 Å². The summed E-state index contributed by atoms with van der Waals surface area (Å²) >= 11 is 3.83. The number of amides is 2. The molecule has 0 atom stereocenters. The number of amidine groups is 1. The van der Waals surface area contributed by atoms with Crippen LogP contribution in [0.3, 0.4) is 0 Å². The first kappa shape index (κ1) is 31.4. The second-order valence-corrected chi connectivity index (χ2v) is 7.85. The Kier molecular flexibility index (Phi) is 12.3. The lowest BCUT2D eigenvalue weighted by atomic mass is 10.1. The van der Waals surface area contributed by atoms with E-state index in [0.29, 0.717) is 25.1 Å². The number of nitrogens with zero attached hydrogens (tertiary/aromatic N) is 3. The largest absolute Gasteiger partial charge is 0.475 e. The maximum Gasteiger partial charge on any atom is 0.416 e. The molecule has 0 aliphatic carbocycles. The van der Waals surface area contributed by atoms with Gasteiger partial charge >= 0.3 is 18.4 Å². The van der Waals surface area contributed by atoms with Gasteiger partial charge in [-0.05, 0) is 44.0 Å². The predicted molar refractivity (Wildman–Crippen MR) is 128 cm³/mol. The van der Waals surface area contributed by atoms with Crippen molar-refractivity contribution in [1.29, 1.82) is 5.41 Å². The first-order valence-electron chi connectivity index (χ1n) is 11.0. The molecular formula is C21H30F6N6O2S. The van der Waals surface area contributed by atoms with E-state index in [4.69, 9.17) is 15.9 Å². The minimum absolute atomic E-state index is 0.0166. The highest BCUT2D eigenvalue weighted by Gasteiger charge is 2.37. The molecule has 1 aliphatic heterocycles. The quantitative estimate of drug-likeness (QED) is 0.143. The molecule has 1 aliphatic rings. The molecule has 0 spiro atoms. The van der Waals surface area contributed by atoms with Crippen LogP contribution in [0.25, 0.3) is 0 Å². The van der Waals surface area contributed by atoms with E-state index in [-0.39, 0.29) is 50.6 Å². The number of nitrogens with two attached hydrogens (primary N) is 1. The Labute approximate surface area is 210 Å². The van der Waals surface area contributed by atoms with Crippen molar-refractivity contribution in [2.24, 2.45) is 10.1 Å². The fourth-order valence-corrected chi connectivity index (χ4v) is 3.14. The lowest BCUT2D eigenvalue weighted by Crippen LogP contribution is -2.53. The van der Waals surface area contributed by atoms with Crippen LogP contribution in [0.4, 0.5) is 36.8 Å². The molecule has 1 aromatic carbocycles. The normalized spacial score (nSPS) is 14.7. The van der Waals surface area contributed by atoms with E-state index >= 15 is 0 Å². The van der Waals surface area contributed by atoms with Crippen LogP contribution in [0.5, 0.6) is 0 Å². The maximum absolute atomic E-state index is 13.0. The SMILES string of the molecule is CCC.N=C(OCCCN)/C(=N\S)N1CCN(C(=O)Nc2cc(C(F)(F)F)cc(C(F)(F)F)c2)CC1. The molecule has 0 bridgehead atoms. The summed E-state index contributed by atoms with van der Waals surface area (Å²) in [5.74, 6) is -0.108. The highest BCUT2D eigenvalue weighted by molar-refractivity contribution is 7.79. The first-order valence-corrected chi connectivity index (χ1v) is 11.4. The summed E-state index contributed by atoms with van der Waals surface area (Å²) in [5.41, 5.74) is 1.68. The number of thiol groups is 1. The highest BCUT2D eigenvalue weighted by atomic mass is 32.1. The number of anilines is 1. The molecule has 1 fully saturated rings. The zero-order valence-electron chi connectivity index (χ0n) is 19.8. The predicted octanol–water partition coefficient (Wildman–Crippen LogP) is 4.88. The van der Waals surface area contributed by atoms with E-state index in [1.807, 2.05) is 0 Å². The van der Waals surface area contributed by atoms with Gasteiger partial charge in [0.2, 0.25) is 0 Å². The van der Waals surface area contributed by atoms with Crippen molar-refractivity contribution in [3.05, 3.63) is 29.3 Å². The molecule has 2 amide bonds. The second kappa shape index (κ2) is 14.2. The van der Waals surface area contributed by atoms with Crippen LogP contribution in [0.1, 0.15) is 37.8 Å². The third-order valence-corrected chi connectivity index (χ3v) is 4.79. The van der Waals surface area contributed by atoms with Gasteiger partial charge in [-0.2, -0.15) is 30.7 Å². The van der Waals surface area contributed by atoms with E-state index in [1.165, 1.54) is 11.3 Å². The molecule has 0 saturated carbocycles. The Morgan fingerprint density at radius 2 is 1.53 bits per heavy atom. The zero-order valence-corrected chi connectivity index (χ0v) is 20.7. The number of urea groups is 1. The lowest BCUT2D eigenvalue weighted by molar-refractivity contribution is -0.143. The number of hydrogen-bond acceptors (Lipinski definition) is 6. The number of hydrogen-bond donors (Lipinski definition) is 4. The number of halogens is 6. The Hall–Kier alpha value is -2.68. The Morgan fingerprint density at radius 1 is 1.06 bits per heavy atom. The van der Waals surface area contributed by atoms with E-state index in [1.54, 1.807) is 4.90 Å². The minimum atomic E-state index is -5.02. The minimum Gasteiger partial charge on any atom is -0.475 e. The molecular weight excluding hydrogens is 514 g/mol. The van der Waals surface area contributed by atoms with Gasteiger partial charge in [-0.1, -0.05) is 20.3 Å². The second-order valence-electron chi connectivity index (χ2n) is 7.65. The molecule has 2 rings (SSSR count). The van der Waals surface area contributed by atoms with Crippen LogP contribution < -0.4 is 11.1 Å². The molecule has 36 heavy (non-hydrogen) atoms. The van der Waals surface area contributed by atoms with Crippen LogP contribution in [0.15, 0.2) is 22.6 Å². The molecule has 1 saturated heterocycles. The van der Waals surface area contributed by atoms with Crippen molar-refractivity contribution in [3.8, 4) is 0 Å². The van der Waals surface area contributed by atoms with Crippen molar-refractivity contribution in [2.45, 2.75) is 39.0 Å². The van der Waals surface area contributed by atoms with Crippen LogP contribution in [0, 0.1) is 5.41 Å². The van der Waals surface area contributed by atoms with Gasteiger partial charge in [0.25, 0.3) is 5.90 Å². The zero-order chi connectivity index (χ0) is 27.5. The summed E-state index contributed by atoms with van der Waals surface area (Å²) in [6, 6.07) is 0.00209. The summed E-state index contributed by atoms with van der Waals surface area (Å²) in [6.07, 6.45) is -8.26. The van der Waals surface area contributed by atoms with Gasteiger partial charge in [0, 0.05) is 31.9 Å². The summed E-state index contributed by atoms with van der Waals surface area (Å²) in [7, 11) is 0. The van der Waals surface area contributed by atoms with Crippen LogP contribution >= 0.6 is 12.8 Å². The number of rotatable bonds is 4. The number of carbonyl (C=O) groups is 1. The van der Waals surface area contributed by atoms with Gasteiger partial charge in [-0.25, -0.2) is 4.79 Å². The van der Waals surface area contributed by atoms with Crippen molar-refractivity contribution in [3.63, 3.8) is 0 Å². The summed E-state index contributed by atoms with van der Waals surface area (Å²) in [6.45, 7) is 5.35. The molecule has 204 valence electrons. The van der Waals surface area contributed by atoms with Gasteiger partial charge < -0.3 is 25.6 Å². The van der Waals surface area contributed by atoms with E-state index < -0.39 is 35.2 Å². The smallest absolute Gasteiger partial charge is 0.416 e. The molecule has 4 N–H and O–H groups in total. The standard InChI is InChI=1S/C18H22F6N6O2S.C3H8/c19-17(20,21)11-8-12(18(22,23)24)10-13(9-11)27-16(31)30-5-3-29(4-6-30)15(28-33)14(26)32-7-1-2-25;1-3-2/h8-10,26,33H,1-7,25H2,(H,27,31);3H2,1-2H3/b26-14?,28-15+;. The van der Waals surface area contributed by atoms with Crippen LogP contribution in [0.2, 0.25) is 0 Å². The molecule has 0 radical (unpaired) electrons. The molecule has 15 heteroatoms. The topological polar surface area (TPSA) is 107 Å². The van der Waals surface area contributed by atoms with Gasteiger partial charge in [-0.15, -0.1) is 0 Å². The van der Waals surface area contributed by atoms with Crippen molar-refractivity contribution >= 4 is 36.3 Å². The summed E-state index contributed by atoms with van der Waals surface area (Å²) in [5, 5.41) is 10.0. The van der Waals surface area contributed by atoms with Gasteiger partial charge in [0.05, 0.1) is 17.7 Å². The fraction of sp³-hybridized carbons (Fsp3) is 0.571. The van der Waals surface area contributed by atoms with Crippen molar-refractivity contribution in [1.82, 2.24) is 9.80 Å². The van der Waals surface area contributed by atoms with Gasteiger partial charge in [-0.3, -0.25) is 5.41 Å². The molecule has 1 heterocycles. The van der Waals surface area contributed by atoms with Crippen molar-refractivity contribution in [2.75, 3.05) is 44.6 Å². The third-order valence-electron chi connectivity index (χ3n) is 4.60. The molecule has 1 aromatic rings. The van der Waals surface area contributed by atoms with Gasteiger partial charge in [0.1, 0.15) is 0 Å². The first-order chi connectivity index (χ1) is 16.8. The molecule has 0 unspecified atom stereocenters. The van der Waals surface area contributed by atoms with Crippen LogP contribution in [-0.4, -0.2) is 66.9 Å². The third kappa shape index (κ3) is 9.76. The Balaban J connectivity index is 0.00000205. The summed E-state index contributed by atoms with van der Waals surface area (Å²) < 4.78 is 86.9. The number of piperazine rings is 1. The van der Waals surface area contributed by atoms with Gasteiger partial charge in [0.15, 0.2) is 5.84 Å². The van der Waals surface area contributed by atoms with E-state index in [9.17, 15) is 31.1 Å². The highest BCUT2D eigenvalue weighted by Crippen LogP contribution is 2.37. The monoisotopic (exact) mass is 544 g/mol. The Morgan fingerprint density at radius 3 is 1.94 bits per heavy atom. The molecule has 0 aromatic heterocycles. The Bertz CT molecular complexity index is 870. The number of benzene rings is 1. The number of carbonyl (C=O) groups excluding carboxylic acids is 1.